The summed E-state index contributed by atoms with van der Waals surface area (Å²) in [6, 6.07) is 14.3. The predicted octanol–water partition coefficient (Wildman–Crippen LogP) is 3.10. The maximum absolute atomic E-state index is 12.6. The van der Waals surface area contributed by atoms with E-state index in [4.69, 9.17) is 0 Å². The van der Waals surface area contributed by atoms with Gasteiger partial charge in [0.15, 0.2) is 0 Å². The third-order valence-electron chi connectivity index (χ3n) is 4.26. The molecular formula is C20H27N3O3S. The predicted molar refractivity (Wildman–Crippen MR) is 110 cm³/mol. The molecule has 1 amide bonds. The van der Waals surface area contributed by atoms with Crippen molar-refractivity contribution in [3.63, 3.8) is 0 Å². The minimum atomic E-state index is -3.55. The average Bonchev–Trinajstić information content (AvgIpc) is 2.60. The molecule has 0 bridgehead atoms. The van der Waals surface area contributed by atoms with Crippen molar-refractivity contribution >= 4 is 27.3 Å². The molecule has 0 aliphatic rings. The van der Waals surface area contributed by atoms with E-state index < -0.39 is 10.0 Å². The summed E-state index contributed by atoms with van der Waals surface area (Å²) < 4.78 is 25.7. The zero-order valence-corrected chi connectivity index (χ0v) is 17.2. The highest BCUT2D eigenvalue weighted by atomic mass is 32.2. The summed E-state index contributed by atoms with van der Waals surface area (Å²) >= 11 is 0. The number of aryl methyl sites for hydroxylation is 1. The first-order chi connectivity index (χ1) is 12.6. The van der Waals surface area contributed by atoms with E-state index in [9.17, 15) is 13.2 Å². The van der Waals surface area contributed by atoms with Crippen molar-refractivity contribution < 1.29 is 13.2 Å². The number of hydrogen-bond acceptors (Lipinski definition) is 4. The number of anilines is 2. The molecule has 0 spiro atoms. The van der Waals surface area contributed by atoms with E-state index in [1.54, 1.807) is 12.1 Å². The van der Waals surface area contributed by atoms with Crippen molar-refractivity contribution in [2.75, 3.05) is 30.9 Å². The average molecular weight is 390 g/mol. The number of rotatable bonds is 7. The van der Waals surface area contributed by atoms with Crippen LogP contribution in [0.3, 0.4) is 0 Å². The summed E-state index contributed by atoms with van der Waals surface area (Å²) in [5.74, 6) is -0.202. The zero-order chi connectivity index (χ0) is 20.2. The Hall–Kier alpha value is -2.38. The Morgan fingerprint density at radius 1 is 1.07 bits per heavy atom. The summed E-state index contributed by atoms with van der Waals surface area (Å²) in [6.45, 7) is 6.25. The van der Waals surface area contributed by atoms with Crippen molar-refractivity contribution in [1.29, 1.82) is 0 Å². The van der Waals surface area contributed by atoms with E-state index in [1.165, 1.54) is 26.2 Å². The monoisotopic (exact) mass is 389 g/mol. The van der Waals surface area contributed by atoms with Crippen LogP contribution in [-0.4, -0.2) is 45.3 Å². The highest BCUT2D eigenvalue weighted by Crippen LogP contribution is 2.22. The van der Waals surface area contributed by atoms with Gasteiger partial charge in [0.1, 0.15) is 0 Å². The van der Waals surface area contributed by atoms with Gasteiger partial charge in [-0.2, -0.15) is 0 Å². The standard InChI is InChI=1S/C20H27N3O3S/c1-15(2)23(19-12-7-6-9-16(19)3)14-20(24)21-17-10-8-11-18(13-17)27(25,26)22(4)5/h6-13,15H,14H2,1-5H3,(H,21,24). The van der Waals surface area contributed by atoms with Crippen LogP contribution in [0.4, 0.5) is 11.4 Å². The Balaban J connectivity index is 2.19. The molecule has 0 radical (unpaired) electrons. The quantitative estimate of drug-likeness (QED) is 0.790. The molecule has 0 fully saturated rings. The van der Waals surface area contributed by atoms with Gasteiger partial charge >= 0.3 is 0 Å². The lowest BCUT2D eigenvalue weighted by Crippen LogP contribution is -2.38. The van der Waals surface area contributed by atoms with E-state index in [2.05, 4.69) is 5.32 Å². The van der Waals surface area contributed by atoms with Crippen LogP contribution < -0.4 is 10.2 Å². The molecule has 7 heteroatoms. The van der Waals surface area contributed by atoms with Crippen molar-refractivity contribution in [3.05, 3.63) is 54.1 Å². The van der Waals surface area contributed by atoms with Gasteiger partial charge in [0.05, 0.1) is 11.4 Å². The summed E-state index contributed by atoms with van der Waals surface area (Å²) in [4.78, 5) is 14.8. The van der Waals surface area contributed by atoms with E-state index in [1.807, 2.05) is 49.9 Å². The van der Waals surface area contributed by atoms with Crippen LogP contribution in [-0.2, 0) is 14.8 Å². The fraction of sp³-hybridized carbons (Fsp3) is 0.350. The van der Waals surface area contributed by atoms with Crippen molar-refractivity contribution in [3.8, 4) is 0 Å². The molecule has 0 saturated heterocycles. The fourth-order valence-corrected chi connectivity index (χ4v) is 3.68. The first-order valence-electron chi connectivity index (χ1n) is 8.77. The molecular weight excluding hydrogens is 362 g/mol. The zero-order valence-electron chi connectivity index (χ0n) is 16.4. The second kappa shape index (κ2) is 8.54. The number of carbonyl (C=O) groups is 1. The van der Waals surface area contributed by atoms with Crippen LogP contribution in [0.25, 0.3) is 0 Å². The molecule has 27 heavy (non-hydrogen) atoms. The first-order valence-corrected chi connectivity index (χ1v) is 10.2. The number of para-hydroxylation sites is 1. The molecule has 0 aliphatic carbocycles. The minimum Gasteiger partial charge on any atom is -0.360 e. The number of amides is 1. The summed E-state index contributed by atoms with van der Waals surface area (Å²) in [5, 5.41) is 2.80. The number of sulfonamides is 1. The molecule has 0 heterocycles. The normalized spacial score (nSPS) is 11.7. The third kappa shape index (κ3) is 5.08. The molecule has 0 atom stereocenters. The first kappa shape index (κ1) is 20.9. The Morgan fingerprint density at radius 2 is 1.74 bits per heavy atom. The Labute approximate surface area is 161 Å². The van der Waals surface area contributed by atoms with Crippen molar-refractivity contribution in [2.45, 2.75) is 31.7 Å². The van der Waals surface area contributed by atoms with Gasteiger partial charge in [0, 0.05) is 31.5 Å². The largest absolute Gasteiger partial charge is 0.360 e. The highest BCUT2D eigenvalue weighted by molar-refractivity contribution is 7.89. The van der Waals surface area contributed by atoms with E-state index in [-0.39, 0.29) is 23.4 Å². The second-order valence-corrected chi connectivity index (χ2v) is 9.02. The maximum Gasteiger partial charge on any atom is 0.243 e. The Kier molecular flexibility index (Phi) is 6.62. The van der Waals surface area contributed by atoms with Crippen LogP contribution in [0, 0.1) is 6.92 Å². The SMILES string of the molecule is Cc1ccccc1N(CC(=O)Nc1cccc(S(=O)(=O)N(C)C)c1)C(C)C. The maximum atomic E-state index is 12.6. The molecule has 0 unspecified atom stereocenters. The number of carbonyl (C=O) groups excluding carboxylic acids is 1. The lowest BCUT2D eigenvalue weighted by molar-refractivity contribution is -0.115. The number of nitrogens with one attached hydrogen (secondary N) is 1. The van der Waals surface area contributed by atoms with Gasteiger partial charge in [0.25, 0.3) is 0 Å². The third-order valence-corrected chi connectivity index (χ3v) is 6.07. The van der Waals surface area contributed by atoms with Crippen molar-refractivity contribution in [1.82, 2.24) is 4.31 Å². The summed E-state index contributed by atoms with van der Waals surface area (Å²) in [7, 11) is -0.598. The number of benzene rings is 2. The van der Waals surface area contributed by atoms with Gasteiger partial charge in [0.2, 0.25) is 15.9 Å². The van der Waals surface area contributed by atoms with Crippen LogP contribution in [0.5, 0.6) is 0 Å². The summed E-state index contributed by atoms with van der Waals surface area (Å²) in [5.41, 5.74) is 2.56. The lowest BCUT2D eigenvalue weighted by Gasteiger charge is -2.29. The highest BCUT2D eigenvalue weighted by Gasteiger charge is 2.19. The van der Waals surface area contributed by atoms with Gasteiger partial charge in [-0.05, 0) is 50.6 Å². The Morgan fingerprint density at radius 3 is 2.33 bits per heavy atom. The molecule has 0 saturated carbocycles. The molecule has 0 aliphatic heterocycles. The molecule has 146 valence electrons. The van der Waals surface area contributed by atoms with Gasteiger partial charge in [-0.25, -0.2) is 12.7 Å². The van der Waals surface area contributed by atoms with Gasteiger partial charge < -0.3 is 10.2 Å². The van der Waals surface area contributed by atoms with E-state index >= 15 is 0 Å². The van der Waals surface area contributed by atoms with Crippen molar-refractivity contribution in [2.24, 2.45) is 0 Å². The minimum absolute atomic E-state index is 0.136. The van der Waals surface area contributed by atoms with Crippen LogP contribution in [0.15, 0.2) is 53.4 Å². The van der Waals surface area contributed by atoms with Gasteiger partial charge in [-0.15, -0.1) is 0 Å². The van der Waals surface area contributed by atoms with E-state index in [0.717, 1.165) is 15.6 Å². The molecule has 6 nitrogen and oxygen atoms in total. The van der Waals surface area contributed by atoms with Crippen LogP contribution in [0.1, 0.15) is 19.4 Å². The van der Waals surface area contributed by atoms with Gasteiger partial charge in [-0.1, -0.05) is 24.3 Å². The Bertz CT molecular complexity index is 908. The smallest absolute Gasteiger partial charge is 0.243 e. The van der Waals surface area contributed by atoms with Crippen LogP contribution in [0.2, 0.25) is 0 Å². The number of nitrogens with zero attached hydrogens (tertiary/aromatic N) is 2. The molecule has 1 N–H and O–H groups in total. The molecule has 2 aromatic carbocycles. The lowest BCUT2D eigenvalue weighted by atomic mass is 10.1. The fourth-order valence-electron chi connectivity index (χ4n) is 2.73. The van der Waals surface area contributed by atoms with Crippen LogP contribution >= 0.6 is 0 Å². The van der Waals surface area contributed by atoms with Gasteiger partial charge in [-0.3, -0.25) is 4.79 Å². The molecule has 0 aromatic heterocycles. The molecule has 2 rings (SSSR count). The van der Waals surface area contributed by atoms with E-state index in [0.29, 0.717) is 5.69 Å². The number of hydrogen-bond donors (Lipinski definition) is 1. The molecule has 2 aromatic rings. The summed E-state index contributed by atoms with van der Waals surface area (Å²) in [6.07, 6.45) is 0. The topological polar surface area (TPSA) is 69.7 Å². The second-order valence-electron chi connectivity index (χ2n) is 6.87.